The maximum atomic E-state index is 13.1. The van der Waals surface area contributed by atoms with Gasteiger partial charge in [-0.05, 0) is 19.2 Å². The van der Waals surface area contributed by atoms with E-state index in [-0.39, 0.29) is 12.4 Å². The third-order valence-electron chi connectivity index (χ3n) is 6.40. The lowest BCUT2D eigenvalue weighted by molar-refractivity contribution is -0.122. The molecule has 0 spiro atoms. The zero-order valence-electron chi connectivity index (χ0n) is 18.5. The maximum absolute atomic E-state index is 13.1. The summed E-state index contributed by atoms with van der Waals surface area (Å²) in [6.07, 6.45) is 1.78. The fourth-order valence-corrected chi connectivity index (χ4v) is 4.62. The van der Waals surface area contributed by atoms with E-state index < -0.39 is 11.8 Å². The highest BCUT2D eigenvalue weighted by Crippen LogP contribution is 2.37. The molecule has 2 aromatic heterocycles. The van der Waals surface area contributed by atoms with E-state index in [1.54, 1.807) is 6.20 Å². The molecule has 2 aliphatic heterocycles. The zero-order chi connectivity index (χ0) is 22.5. The molecule has 0 unspecified atom stereocenters. The van der Waals surface area contributed by atoms with Crippen molar-refractivity contribution in [2.45, 2.75) is 0 Å². The minimum Gasteiger partial charge on any atom is -1.00 e. The Kier molecular flexibility index (Phi) is 5.55. The fourth-order valence-electron chi connectivity index (χ4n) is 4.62. The number of para-hydroxylation sites is 2. The van der Waals surface area contributed by atoms with Crippen molar-refractivity contribution in [1.29, 1.82) is 0 Å². The van der Waals surface area contributed by atoms with Crippen molar-refractivity contribution >= 4 is 50.7 Å². The Bertz CT molecular complexity index is 1470. The van der Waals surface area contributed by atoms with Crippen molar-refractivity contribution in [2.24, 2.45) is 0 Å². The minimum absolute atomic E-state index is 0. The van der Waals surface area contributed by atoms with E-state index in [1.165, 1.54) is 0 Å². The van der Waals surface area contributed by atoms with Crippen LogP contribution < -0.4 is 22.6 Å². The third kappa shape index (κ3) is 3.52. The molecule has 0 bridgehead atoms. The van der Waals surface area contributed by atoms with Gasteiger partial charge in [0.15, 0.2) is 0 Å². The number of aromatic amines is 1. The molecule has 2 N–H and O–H groups in total. The number of imide groups is 1. The van der Waals surface area contributed by atoms with Crippen LogP contribution in [-0.2, 0) is 9.59 Å². The average molecular weight is 474 g/mol. The van der Waals surface area contributed by atoms with Crippen molar-refractivity contribution in [3.8, 4) is 0 Å². The summed E-state index contributed by atoms with van der Waals surface area (Å²) in [7, 11) is 2.09. The highest BCUT2D eigenvalue weighted by atomic mass is 35.5. The van der Waals surface area contributed by atoms with Gasteiger partial charge in [0, 0.05) is 54.2 Å². The first-order valence-corrected chi connectivity index (χ1v) is 11.0. The molecule has 9 heteroatoms. The van der Waals surface area contributed by atoms with Gasteiger partial charge in [0.2, 0.25) is 5.95 Å². The lowest BCUT2D eigenvalue weighted by atomic mass is 9.97. The molecule has 2 amide bonds. The summed E-state index contributed by atoms with van der Waals surface area (Å²) < 4.78 is 0. The Hall–Kier alpha value is -3.75. The van der Waals surface area contributed by atoms with Gasteiger partial charge in [-0.1, -0.05) is 36.4 Å². The summed E-state index contributed by atoms with van der Waals surface area (Å²) in [5.41, 5.74) is 3.45. The predicted molar refractivity (Wildman–Crippen MR) is 128 cm³/mol. The monoisotopic (exact) mass is 473 g/mol. The molecule has 1 saturated heterocycles. The summed E-state index contributed by atoms with van der Waals surface area (Å²) in [6.45, 7) is 3.42. The van der Waals surface area contributed by atoms with E-state index >= 15 is 0 Å². The van der Waals surface area contributed by atoms with Crippen LogP contribution in [0.4, 0.5) is 5.95 Å². The standard InChI is InChI=1S/C25H22N6O2.ClH/c1-30-10-12-31(13-11-30)25-27-19-9-5-3-7-16(19)22(28-25)21-20(23(32)29-24(21)33)17-14-26-18-8-4-2-6-15(17)18;/h2-9,14,26H,10-13H2,1H3,(H,29,32,33);1H/p-1. The van der Waals surface area contributed by atoms with Crippen LogP contribution in [0.3, 0.4) is 0 Å². The number of anilines is 1. The Morgan fingerprint density at radius 1 is 0.824 bits per heavy atom. The van der Waals surface area contributed by atoms with Crippen molar-refractivity contribution in [2.75, 3.05) is 38.1 Å². The van der Waals surface area contributed by atoms with E-state index in [0.29, 0.717) is 28.4 Å². The van der Waals surface area contributed by atoms with Crippen LogP contribution in [0.2, 0.25) is 0 Å². The van der Waals surface area contributed by atoms with Gasteiger partial charge in [0.25, 0.3) is 11.8 Å². The van der Waals surface area contributed by atoms with E-state index in [4.69, 9.17) is 9.97 Å². The summed E-state index contributed by atoms with van der Waals surface area (Å²) in [5.74, 6) is -0.271. The molecule has 8 nitrogen and oxygen atoms in total. The molecular weight excluding hydrogens is 452 g/mol. The first-order chi connectivity index (χ1) is 16.1. The second kappa shape index (κ2) is 8.55. The molecule has 0 aliphatic carbocycles. The molecule has 0 saturated carbocycles. The topological polar surface area (TPSA) is 94.2 Å². The fraction of sp³-hybridized carbons (Fsp3) is 0.200. The van der Waals surface area contributed by atoms with Crippen LogP contribution in [0, 0.1) is 0 Å². The molecule has 2 aromatic carbocycles. The number of nitrogens with zero attached hydrogens (tertiary/aromatic N) is 4. The van der Waals surface area contributed by atoms with Crippen molar-refractivity contribution in [1.82, 2.24) is 25.2 Å². The lowest BCUT2D eigenvalue weighted by Crippen LogP contribution is -3.00. The van der Waals surface area contributed by atoms with E-state index in [9.17, 15) is 9.59 Å². The van der Waals surface area contributed by atoms with E-state index in [0.717, 1.165) is 48.0 Å². The molecule has 172 valence electrons. The van der Waals surface area contributed by atoms with Gasteiger partial charge in [-0.25, -0.2) is 9.97 Å². The molecule has 2 aliphatic rings. The van der Waals surface area contributed by atoms with Gasteiger partial charge in [0.05, 0.1) is 22.4 Å². The van der Waals surface area contributed by atoms with Crippen molar-refractivity contribution < 1.29 is 22.0 Å². The van der Waals surface area contributed by atoms with Gasteiger partial charge in [-0.15, -0.1) is 0 Å². The predicted octanol–water partition coefficient (Wildman–Crippen LogP) is -0.566. The zero-order valence-corrected chi connectivity index (χ0v) is 19.3. The number of carbonyl (C=O) groups excluding carboxylic acids is 2. The van der Waals surface area contributed by atoms with Gasteiger partial charge < -0.3 is 27.2 Å². The number of hydrogen-bond acceptors (Lipinski definition) is 6. The Balaban J connectivity index is 0.00000241. The Labute approximate surface area is 202 Å². The van der Waals surface area contributed by atoms with Crippen LogP contribution in [0.25, 0.3) is 33.0 Å². The van der Waals surface area contributed by atoms with Crippen LogP contribution in [0.1, 0.15) is 11.3 Å². The number of likely N-dealkylation sites (N-methyl/N-ethyl adjacent to an activating group) is 1. The highest BCUT2D eigenvalue weighted by Gasteiger charge is 2.35. The first kappa shape index (κ1) is 22.1. The van der Waals surface area contributed by atoms with Crippen molar-refractivity contribution in [3.63, 3.8) is 0 Å². The highest BCUT2D eigenvalue weighted by molar-refractivity contribution is 6.50. The largest absolute Gasteiger partial charge is 1.00 e. The van der Waals surface area contributed by atoms with E-state index in [1.807, 2.05) is 48.5 Å². The van der Waals surface area contributed by atoms with Gasteiger partial charge in [-0.3, -0.25) is 14.9 Å². The quantitative estimate of drug-likeness (QED) is 0.387. The molecule has 34 heavy (non-hydrogen) atoms. The smallest absolute Gasteiger partial charge is 0.261 e. The summed E-state index contributed by atoms with van der Waals surface area (Å²) >= 11 is 0. The number of fused-ring (bicyclic) bond motifs is 2. The van der Waals surface area contributed by atoms with Crippen LogP contribution >= 0.6 is 0 Å². The number of carbonyl (C=O) groups is 2. The van der Waals surface area contributed by atoms with Gasteiger partial charge in [0.1, 0.15) is 0 Å². The number of piperazine rings is 1. The third-order valence-corrected chi connectivity index (χ3v) is 6.40. The molecule has 0 atom stereocenters. The lowest BCUT2D eigenvalue weighted by Gasteiger charge is -2.32. The van der Waals surface area contributed by atoms with Crippen LogP contribution in [0.5, 0.6) is 0 Å². The molecule has 1 fully saturated rings. The molecular formula is C25H22ClN6O2-. The van der Waals surface area contributed by atoms with Crippen LogP contribution in [0.15, 0.2) is 54.7 Å². The number of hydrogen-bond donors (Lipinski definition) is 2. The molecule has 4 aromatic rings. The number of aromatic nitrogens is 3. The minimum atomic E-state index is -0.437. The second-order valence-corrected chi connectivity index (χ2v) is 8.46. The van der Waals surface area contributed by atoms with Gasteiger partial charge >= 0.3 is 0 Å². The number of benzene rings is 2. The maximum Gasteiger partial charge on any atom is 0.261 e. The Morgan fingerprint density at radius 3 is 2.29 bits per heavy atom. The average Bonchev–Trinajstić information content (AvgIpc) is 3.38. The SMILES string of the molecule is CN1CCN(c2nc(C3=C(c4c[nH]c5ccccc45)C(=O)NC3=O)c3ccccc3n2)CC1.[Cl-]. The normalized spacial score (nSPS) is 16.9. The molecule has 0 radical (unpaired) electrons. The molecule has 6 rings (SSSR count). The first-order valence-electron chi connectivity index (χ1n) is 11.0. The Morgan fingerprint density at radius 2 is 1.50 bits per heavy atom. The number of H-pyrrole nitrogens is 1. The molecule has 4 heterocycles. The van der Waals surface area contributed by atoms with Gasteiger partial charge in [-0.2, -0.15) is 0 Å². The second-order valence-electron chi connectivity index (χ2n) is 8.46. The number of halogens is 1. The van der Waals surface area contributed by atoms with Crippen LogP contribution in [-0.4, -0.2) is 64.9 Å². The number of nitrogens with one attached hydrogen (secondary N) is 2. The summed E-state index contributed by atoms with van der Waals surface area (Å²) in [5, 5.41) is 4.12. The summed E-state index contributed by atoms with van der Waals surface area (Å²) in [4.78, 5) is 43.4. The van der Waals surface area contributed by atoms with Crippen molar-refractivity contribution in [3.05, 3.63) is 66.0 Å². The number of rotatable bonds is 3. The number of amides is 2. The van der Waals surface area contributed by atoms with E-state index in [2.05, 4.69) is 27.1 Å². The summed E-state index contributed by atoms with van der Waals surface area (Å²) in [6, 6.07) is 15.4.